The van der Waals surface area contributed by atoms with Crippen molar-refractivity contribution in [3.05, 3.63) is 59.7 Å². The number of hydrogen-bond acceptors (Lipinski definition) is 3. The minimum absolute atomic E-state index is 0.101. The molecule has 3 N–H and O–H groups in total. The Kier molecular flexibility index (Phi) is 6.86. The molecule has 1 fully saturated rings. The second-order valence-electron chi connectivity index (χ2n) is 8.90. The molecular weight excluding hydrogens is 382 g/mol. The monoisotopic (exact) mass is 415 g/mol. The van der Waals surface area contributed by atoms with Crippen LogP contribution in [0.4, 0.5) is 5.82 Å². The first kappa shape index (κ1) is 21.4. The van der Waals surface area contributed by atoms with Gasteiger partial charge in [-0.2, -0.15) is 0 Å². The Morgan fingerprint density at radius 3 is 2.71 bits per heavy atom. The fraction of sp³-hybridized carbons (Fsp3) is 0.407. The number of benzene rings is 2. The SMILES string of the molecule is Cc1ccccc1-c1ccc2nc(N)c(CCC(=O)NCCC3CCCCC3)cc2c1. The number of anilines is 1. The summed E-state index contributed by atoms with van der Waals surface area (Å²) in [7, 11) is 0. The number of rotatable bonds is 7. The molecule has 162 valence electrons. The zero-order valence-electron chi connectivity index (χ0n) is 18.5. The quantitative estimate of drug-likeness (QED) is 0.511. The van der Waals surface area contributed by atoms with E-state index in [-0.39, 0.29) is 5.91 Å². The average molecular weight is 416 g/mol. The Bertz CT molecular complexity index is 1050. The van der Waals surface area contributed by atoms with Crippen molar-refractivity contribution in [1.29, 1.82) is 0 Å². The molecule has 0 bridgehead atoms. The maximum absolute atomic E-state index is 12.3. The normalized spacial score (nSPS) is 14.6. The molecule has 0 atom stereocenters. The molecule has 0 unspecified atom stereocenters. The van der Waals surface area contributed by atoms with Gasteiger partial charge in [-0.05, 0) is 66.1 Å². The van der Waals surface area contributed by atoms with E-state index in [1.54, 1.807) is 0 Å². The van der Waals surface area contributed by atoms with Crippen molar-refractivity contribution in [2.24, 2.45) is 5.92 Å². The van der Waals surface area contributed by atoms with Crippen LogP contribution in [0.5, 0.6) is 0 Å². The first-order valence-electron chi connectivity index (χ1n) is 11.6. The first-order valence-corrected chi connectivity index (χ1v) is 11.6. The van der Waals surface area contributed by atoms with Crippen LogP contribution in [-0.2, 0) is 11.2 Å². The first-order chi connectivity index (χ1) is 15.1. The third kappa shape index (κ3) is 5.43. The van der Waals surface area contributed by atoms with Crippen LogP contribution in [0.2, 0.25) is 0 Å². The topological polar surface area (TPSA) is 68.0 Å². The molecule has 0 radical (unpaired) electrons. The van der Waals surface area contributed by atoms with E-state index in [4.69, 9.17) is 5.73 Å². The van der Waals surface area contributed by atoms with Gasteiger partial charge >= 0.3 is 0 Å². The smallest absolute Gasteiger partial charge is 0.220 e. The molecular formula is C27H33N3O. The number of aromatic nitrogens is 1. The maximum Gasteiger partial charge on any atom is 0.220 e. The number of nitrogens with zero attached hydrogens (tertiary/aromatic N) is 1. The Labute approximate surface area is 185 Å². The number of pyridine rings is 1. The summed E-state index contributed by atoms with van der Waals surface area (Å²) in [5.41, 5.74) is 11.7. The van der Waals surface area contributed by atoms with E-state index < -0.39 is 0 Å². The third-order valence-electron chi connectivity index (χ3n) is 6.60. The van der Waals surface area contributed by atoms with E-state index in [0.717, 1.165) is 35.3 Å². The van der Waals surface area contributed by atoms with Gasteiger partial charge < -0.3 is 11.1 Å². The molecule has 0 saturated heterocycles. The Morgan fingerprint density at radius 1 is 1.10 bits per heavy atom. The summed E-state index contributed by atoms with van der Waals surface area (Å²) in [6.07, 6.45) is 8.86. The number of carbonyl (C=O) groups is 1. The van der Waals surface area contributed by atoms with Crippen LogP contribution in [0.25, 0.3) is 22.0 Å². The Hall–Kier alpha value is -2.88. The van der Waals surface area contributed by atoms with Crippen molar-refractivity contribution in [3.8, 4) is 11.1 Å². The average Bonchev–Trinajstić information content (AvgIpc) is 2.78. The predicted octanol–water partition coefficient (Wildman–Crippen LogP) is 5.81. The minimum Gasteiger partial charge on any atom is -0.383 e. The van der Waals surface area contributed by atoms with Crippen LogP contribution in [0, 0.1) is 12.8 Å². The molecule has 4 nitrogen and oxygen atoms in total. The van der Waals surface area contributed by atoms with Crippen molar-refractivity contribution in [2.75, 3.05) is 12.3 Å². The lowest BCUT2D eigenvalue weighted by atomic mass is 9.87. The van der Waals surface area contributed by atoms with E-state index in [0.29, 0.717) is 18.7 Å². The number of carbonyl (C=O) groups excluding carboxylic acids is 1. The highest BCUT2D eigenvalue weighted by molar-refractivity contribution is 5.87. The molecule has 1 aromatic heterocycles. The predicted molar refractivity (Wildman–Crippen MR) is 129 cm³/mol. The van der Waals surface area contributed by atoms with Gasteiger partial charge in [0.25, 0.3) is 0 Å². The van der Waals surface area contributed by atoms with Crippen molar-refractivity contribution >= 4 is 22.6 Å². The lowest BCUT2D eigenvalue weighted by Crippen LogP contribution is -2.26. The fourth-order valence-corrected chi connectivity index (χ4v) is 4.73. The number of nitrogen functional groups attached to an aromatic ring is 1. The zero-order chi connectivity index (χ0) is 21.6. The van der Waals surface area contributed by atoms with Crippen molar-refractivity contribution in [1.82, 2.24) is 10.3 Å². The largest absolute Gasteiger partial charge is 0.383 e. The van der Waals surface area contributed by atoms with E-state index >= 15 is 0 Å². The van der Waals surface area contributed by atoms with Crippen LogP contribution in [0.15, 0.2) is 48.5 Å². The summed E-state index contributed by atoms with van der Waals surface area (Å²) < 4.78 is 0. The van der Waals surface area contributed by atoms with Gasteiger partial charge in [0.15, 0.2) is 0 Å². The summed E-state index contributed by atoms with van der Waals surface area (Å²) in [5, 5.41) is 4.15. The van der Waals surface area contributed by atoms with Crippen LogP contribution in [0.1, 0.15) is 56.1 Å². The van der Waals surface area contributed by atoms with Crippen molar-refractivity contribution in [3.63, 3.8) is 0 Å². The van der Waals surface area contributed by atoms with Gasteiger partial charge in [-0.15, -0.1) is 0 Å². The van der Waals surface area contributed by atoms with Crippen LogP contribution in [0.3, 0.4) is 0 Å². The highest BCUT2D eigenvalue weighted by Crippen LogP contribution is 2.28. The number of nitrogens with two attached hydrogens (primary N) is 1. The lowest BCUT2D eigenvalue weighted by molar-refractivity contribution is -0.121. The van der Waals surface area contributed by atoms with Crippen molar-refractivity contribution < 1.29 is 4.79 Å². The van der Waals surface area contributed by atoms with Gasteiger partial charge in [0.05, 0.1) is 5.52 Å². The van der Waals surface area contributed by atoms with Gasteiger partial charge in [0.2, 0.25) is 5.91 Å². The lowest BCUT2D eigenvalue weighted by Gasteiger charge is -2.21. The van der Waals surface area contributed by atoms with Gasteiger partial charge in [0.1, 0.15) is 5.82 Å². The van der Waals surface area contributed by atoms with E-state index in [1.807, 2.05) is 6.07 Å². The van der Waals surface area contributed by atoms with Crippen molar-refractivity contribution in [2.45, 2.75) is 58.3 Å². The maximum atomic E-state index is 12.3. The molecule has 4 rings (SSSR count). The minimum atomic E-state index is 0.101. The summed E-state index contributed by atoms with van der Waals surface area (Å²) >= 11 is 0. The Balaban J connectivity index is 1.39. The second kappa shape index (κ2) is 9.95. The standard InChI is InChI=1S/C27H33N3O/c1-19-7-5-6-10-24(19)21-11-13-25-23(17-21)18-22(27(28)30-25)12-14-26(31)29-16-15-20-8-3-2-4-9-20/h5-7,10-11,13,17-18,20H,2-4,8-9,12,14-16H2,1H3,(H2,28,30)(H,29,31). The Morgan fingerprint density at radius 2 is 1.90 bits per heavy atom. The fourth-order valence-electron chi connectivity index (χ4n) is 4.73. The van der Waals surface area contributed by atoms with Gasteiger partial charge in [-0.1, -0.05) is 62.4 Å². The van der Waals surface area contributed by atoms with Gasteiger partial charge in [0, 0.05) is 18.4 Å². The molecule has 0 aliphatic heterocycles. The van der Waals surface area contributed by atoms with Gasteiger partial charge in [-0.25, -0.2) is 4.98 Å². The second-order valence-corrected chi connectivity index (χ2v) is 8.90. The van der Waals surface area contributed by atoms with E-state index in [9.17, 15) is 4.79 Å². The van der Waals surface area contributed by atoms with Crippen LogP contribution < -0.4 is 11.1 Å². The number of aryl methyl sites for hydroxylation is 2. The number of hydrogen-bond donors (Lipinski definition) is 2. The molecule has 1 aliphatic rings. The number of amides is 1. The molecule has 2 aromatic carbocycles. The van der Waals surface area contributed by atoms with E-state index in [2.05, 4.69) is 59.7 Å². The molecule has 1 amide bonds. The molecule has 1 saturated carbocycles. The molecule has 1 aliphatic carbocycles. The summed E-state index contributed by atoms with van der Waals surface area (Å²) in [6, 6.07) is 16.8. The molecule has 1 heterocycles. The summed E-state index contributed by atoms with van der Waals surface area (Å²) in [4.78, 5) is 16.9. The van der Waals surface area contributed by atoms with Gasteiger partial charge in [-0.3, -0.25) is 4.79 Å². The van der Waals surface area contributed by atoms with Crippen LogP contribution in [-0.4, -0.2) is 17.4 Å². The number of fused-ring (bicyclic) bond motifs is 1. The van der Waals surface area contributed by atoms with Crippen LogP contribution >= 0.6 is 0 Å². The number of nitrogens with one attached hydrogen (secondary N) is 1. The molecule has 4 heteroatoms. The van der Waals surface area contributed by atoms with E-state index in [1.165, 1.54) is 48.8 Å². The highest BCUT2D eigenvalue weighted by atomic mass is 16.1. The molecule has 0 spiro atoms. The third-order valence-corrected chi connectivity index (χ3v) is 6.60. The summed E-state index contributed by atoms with van der Waals surface area (Å²) in [5.74, 6) is 1.41. The highest BCUT2D eigenvalue weighted by Gasteiger charge is 2.14. The summed E-state index contributed by atoms with van der Waals surface area (Å²) in [6.45, 7) is 2.91. The molecule has 31 heavy (non-hydrogen) atoms. The molecule has 3 aromatic rings. The zero-order valence-corrected chi connectivity index (χ0v) is 18.5.